The molecule has 9 nitrogen and oxygen atoms in total. The number of benzene rings is 3. The highest BCUT2D eigenvalue weighted by Crippen LogP contribution is 2.35. The predicted octanol–water partition coefficient (Wildman–Crippen LogP) is 5.87. The van der Waals surface area contributed by atoms with Crippen molar-refractivity contribution in [2.45, 2.75) is 58.2 Å². The van der Waals surface area contributed by atoms with Crippen LogP contribution in [0.1, 0.15) is 44.2 Å². The normalized spacial score (nSPS) is 13.9. The number of hydrogen-bond donors (Lipinski definition) is 1. The Balaban J connectivity index is 1.60. The van der Waals surface area contributed by atoms with Gasteiger partial charge in [-0.05, 0) is 55.2 Å². The zero-order valence-electron chi connectivity index (χ0n) is 25.7. The Morgan fingerprint density at radius 3 is 2.31 bits per heavy atom. The second-order valence-electron chi connectivity index (χ2n) is 11.1. The fourth-order valence-corrected chi connectivity index (χ4v) is 6.30. The van der Waals surface area contributed by atoms with E-state index in [4.69, 9.17) is 32.7 Å². The summed E-state index contributed by atoms with van der Waals surface area (Å²) < 4.78 is 38.1. The van der Waals surface area contributed by atoms with Gasteiger partial charge in [-0.25, -0.2) is 8.42 Å². The molecule has 12 heteroatoms. The van der Waals surface area contributed by atoms with Crippen LogP contribution in [0.3, 0.4) is 0 Å². The number of fused-ring (bicyclic) bond motifs is 1. The Hall–Kier alpha value is -3.47. The largest absolute Gasteiger partial charge is 0.486 e. The summed E-state index contributed by atoms with van der Waals surface area (Å²) in [6.45, 7) is 4.84. The van der Waals surface area contributed by atoms with E-state index in [9.17, 15) is 18.0 Å². The maximum absolute atomic E-state index is 14.0. The first-order chi connectivity index (χ1) is 21.5. The van der Waals surface area contributed by atoms with Crippen molar-refractivity contribution in [2.75, 3.05) is 30.3 Å². The van der Waals surface area contributed by atoms with Crippen LogP contribution >= 0.6 is 23.2 Å². The molecule has 1 N–H and O–H groups in total. The van der Waals surface area contributed by atoms with Gasteiger partial charge in [0.05, 0.1) is 22.0 Å². The fourth-order valence-electron chi connectivity index (χ4n) is 5.02. The van der Waals surface area contributed by atoms with E-state index < -0.39 is 16.1 Å². The molecule has 4 rings (SSSR count). The molecule has 0 unspecified atom stereocenters. The van der Waals surface area contributed by atoms with Gasteiger partial charge in [0, 0.05) is 38.0 Å². The number of anilines is 1. The smallest absolute Gasteiger partial charge is 0.243 e. The van der Waals surface area contributed by atoms with Gasteiger partial charge < -0.3 is 19.7 Å². The highest BCUT2D eigenvalue weighted by molar-refractivity contribution is 7.92. The van der Waals surface area contributed by atoms with Crippen LogP contribution in [0, 0.1) is 0 Å². The van der Waals surface area contributed by atoms with Crippen LogP contribution in [0.2, 0.25) is 10.0 Å². The summed E-state index contributed by atoms with van der Waals surface area (Å²) in [5, 5.41) is 3.77. The van der Waals surface area contributed by atoms with Crippen LogP contribution in [-0.4, -0.2) is 63.2 Å². The number of sulfonamides is 1. The van der Waals surface area contributed by atoms with E-state index in [2.05, 4.69) is 5.32 Å². The number of ether oxygens (including phenoxy) is 2. The van der Waals surface area contributed by atoms with Crippen molar-refractivity contribution in [3.8, 4) is 11.5 Å². The van der Waals surface area contributed by atoms with Crippen LogP contribution in [0.5, 0.6) is 11.5 Å². The summed E-state index contributed by atoms with van der Waals surface area (Å²) in [7, 11) is -3.69. The zero-order valence-corrected chi connectivity index (χ0v) is 28.0. The van der Waals surface area contributed by atoms with Gasteiger partial charge in [-0.15, -0.1) is 0 Å². The van der Waals surface area contributed by atoms with Crippen molar-refractivity contribution in [1.29, 1.82) is 0 Å². The standard InChI is InChI=1S/C33H39Cl2N3O6S/c1-4-23(2)36-33(40)29(20-24-9-6-5-7-10-24)37(22-25-12-14-27(34)28(35)19-25)32(39)11-8-16-38(45(3,41)42)26-13-15-30-31(21-26)44-18-17-43-30/h5-7,9-10,12-15,19,21,23,29H,4,8,11,16-18,20,22H2,1-3H3,(H,36,40)/t23-,29+/m1/s1. The predicted molar refractivity (Wildman–Crippen MR) is 178 cm³/mol. The third-order valence-electron chi connectivity index (χ3n) is 7.57. The molecule has 45 heavy (non-hydrogen) atoms. The molecule has 3 aromatic carbocycles. The monoisotopic (exact) mass is 675 g/mol. The molecule has 0 bridgehead atoms. The molecule has 1 heterocycles. The lowest BCUT2D eigenvalue weighted by molar-refractivity contribution is -0.141. The lowest BCUT2D eigenvalue weighted by Gasteiger charge is -2.33. The number of rotatable bonds is 14. The van der Waals surface area contributed by atoms with E-state index in [-0.39, 0.29) is 43.8 Å². The molecule has 0 spiro atoms. The van der Waals surface area contributed by atoms with Crippen LogP contribution < -0.4 is 19.1 Å². The highest BCUT2D eigenvalue weighted by Gasteiger charge is 2.31. The SMILES string of the molecule is CC[C@@H](C)NC(=O)[C@H](Cc1ccccc1)N(Cc1ccc(Cl)c(Cl)c1)C(=O)CCCN(c1ccc2c(c1)OCCO2)S(C)(=O)=O. The minimum absolute atomic E-state index is 0.000204. The molecule has 3 aromatic rings. The lowest BCUT2D eigenvalue weighted by atomic mass is 10.0. The Morgan fingerprint density at radius 2 is 1.64 bits per heavy atom. The fraction of sp³-hybridized carbons (Fsp3) is 0.394. The Labute approximate surface area is 275 Å². The number of carbonyl (C=O) groups excluding carboxylic acids is 2. The number of amides is 2. The first kappa shape index (κ1) is 34.4. The van der Waals surface area contributed by atoms with Crippen LogP contribution in [0.4, 0.5) is 5.69 Å². The van der Waals surface area contributed by atoms with Gasteiger partial charge in [0.1, 0.15) is 19.3 Å². The summed E-state index contributed by atoms with van der Waals surface area (Å²) in [5.74, 6) is 0.451. The Morgan fingerprint density at radius 1 is 0.933 bits per heavy atom. The molecule has 242 valence electrons. The molecule has 0 radical (unpaired) electrons. The van der Waals surface area contributed by atoms with Gasteiger partial charge in [0.15, 0.2) is 11.5 Å². The molecule has 0 saturated heterocycles. The average Bonchev–Trinajstić information content (AvgIpc) is 3.02. The van der Waals surface area contributed by atoms with E-state index in [0.29, 0.717) is 52.4 Å². The van der Waals surface area contributed by atoms with E-state index in [1.54, 1.807) is 41.3 Å². The molecule has 0 saturated carbocycles. The molecule has 2 atom stereocenters. The summed E-state index contributed by atoms with van der Waals surface area (Å²) >= 11 is 12.5. The first-order valence-electron chi connectivity index (χ1n) is 14.9. The minimum Gasteiger partial charge on any atom is -0.486 e. The van der Waals surface area contributed by atoms with Gasteiger partial charge in [-0.1, -0.05) is 66.5 Å². The first-order valence-corrected chi connectivity index (χ1v) is 17.5. The van der Waals surface area contributed by atoms with Gasteiger partial charge in [-0.2, -0.15) is 0 Å². The summed E-state index contributed by atoms with van der Waals surface area (Å²) in [6, 6.07) is 18.7. The molecular weight excluding hydrogens is 637 g/mol. The van der Waals surface area contributed by atoms with Crippen molar-refractivity contribution in [3.63, 3.8) is 0 Å². The summed E-state index contributed by atoms with van der Waals surface area (Å²) in [4.78, 5) is 29.3. The van der Waals surface area contributed by atoms with Crippen LogP contribution in [0.15, 0.2) is 66.7 Å². The van der Waals surface area contributed by atoms with Gasteiger partial charge in [0.25, 0.3) is 0 Å². The van der Waals surface area contributed by atoms with E-state index in [0.717, 1.165) is 18.2 Å². The molecule has 0 aromatic heterocycles. The van der Waals surface area contributed by atoms with E-state index >= 15 is 0 Å². The zero-order chi connectivity index (χ0) is 32.6. The Kier molecular flexibility index (Phi) is 12.0. The molecule has 0 aliphatic carbocycles. The van der Waals surface area contributed by atoms with Gasteiger partial charge in [0.2, 0.25) is 21.8 Å². The lowest BCUT2D eigenvalue weighted by Crippen LogP contribution is -2.52. The molecule has 1 aliphatic heterocycles. The van der Waals surface area contributed by atoms with Crippen molar-refractivity contribution in [1.82, 2.24) is 10.2 Å². The maximum atomic E-state index is 14.0. The second kappa shape index (κ2) is 15.7. The number of hydrogen-bond acceptors (Lipinski definition) is 6. The average molecular weight is 677 g/mol. The number of halogens is 2. The third kappa shape index (κ3) is 9.51. The van der Waals surface area contributed by atoms with Crippen molar-refractivity contribution in [3.05, 3.63) is 87.9 Å². The van der Waals surface area contributed by atoms with E-state index in [1.165, 1.54) is 4.31 Å². The Bertz CT molecular complexity index is 1590. The topological polar surface area (TPSA) is 105 Å². The van der Waals surface area contributed by atoms with Crippen LogP contribution in [0.25, 0.3) is 0 Å². The summed E-state index contributed by atoms with van der Waals surface area (Å²) in [5.41, 5.74) is 2.02. The summed E-state index contributed by atoms with van der Waals surface area (Å²) in [6.07, 6.45) is 2.36. The van der Waals surface area contributed by atoms with Crippen molar-refractivity contribution >= 4 is 50.7 Å². The second-order valence-corrected chi connectivity index (χ2v) is 13.8. The van der Waals surface area contributed by atoms with Crippen molar-refractivity contribution in [2.24, 2.45) is 0 Å². The quantitative estimate of drug-likeness (QED) is 0.229. The molecule has 2 amide bonds. The number of carbonyl (C=O) groups is 2. The maximum Gasteiger partial charge on any atom is 0.243 e. The van der Waals surface area contributed by atoms with E-state index in [1.807, 2.05) is 44.2 Å². The van der Waals surface area contributed by atoms with Gasteiger partial charge >= 0.3 is 0 Å². The van der Waals surface area contributed by atoms with Crippen molar-refractivity contribution < 1.29 is 27.5 Å². The third-order valence-corrected chi connectivity index (χ3v) is 9.51. The highest BCUT2D eigenvalue weighted by atomic mass is 35.5. The molecule has 1 aliphatic rings. The van der Waals surface area contributed by atoms with Crippen LogP contribution in [-0.2, 0) is 32.6 Å². The molecule has 0 fully saturated rings. The minimum atomic E-state index is -3.69. The number of nitrogens with one attached hydrogen (secondary N) is 1. The number of nitrogens with zero attached hydrogens (tertiary/aromatic N) is 2. The van der Waals surface area contributed by atoms with Gasteiger partial charge in [-0.3, -0.25) is 13.9 Å². The molecular formula is C33H39Cl2N3O6S.